The van der Waals surface area contributed by atoms with Crippen molar-refractivity contribution in [1.29, 1.82) is 0 Å². The van der Waals surface area contributed by atoms with E-state index in [1.165, 1.54) is 12.1 Å². The number of nitrogens with zero attached hydrogens (tertiary/aromatic N) is 3. The Morgan fingerprint density at radius 3 is 2.56 bits per heavy atom. The molecule has 0 unspecified atom stereocenters. The van der Waals surface area contributed by atoms with E-state index in [1.54, 1.807) is 25.1 Å². The van der Waals surface area contributed by atoms with Gasteiger partial charge < -0.3 is 15.4 Å². The Morgan fingerprint density at radius 2 is 1.79 bits per heavy atom. The zero-order valence-corrected chi connectivity index (χ0v) is 18.8. The van der Waals surface area contributed by atoms with E-state index in [4.69, 9.17) is 4.74 Å². The number of amides is 2. The van der Waals surface area contributed by atoms with Crippen molar-refractivity contribution in [3.05, 3.63) is 64.3 Å². The van der Waals surface area contributed by atoms with Crippen LogP contribution in [-0.2, 0) is 20.9 Å². The Morgan fingerprint density at radius 1 is 1.06 bits per heavy atom. The molecule has 9 nitrogen and oxygen atoms in total. The van der Waals surface area contributed by atoms with Gasteiger partial charge in [0.05, 0.1) is 30.0 Å². The van der Waals surface area contributed by atoms with Gasteiger partial charge in [-0.1, -0.05) is 18.2 Å². The number of carbonyl (C=O) groups excluding carboxylic acids is 2. The van der Waals surface area contributed by atoms with Gasteiger partial charge in [-0.2, -0.15) is 5.10 Å². The predicted molar refractivity (Wildman–Crippen MR) is 126 cm³/mol. The highest BCUT2D eigenvalue weighted by Gasteiger charge is 2.15. The summed E-state index contributed by atoms with van der Waals surface area (Å²) in [7, 11) is 0. The average molecular weight is 468 g/mol. The van der Waals surface area contributed by atoms with Gasteiger partial charge in [0.2, 0.25) is 11.8 Å². The molecular formula is C24H26FN5O4. The number of aryl methyl sites for hydroxylation is 1. The van der Waals surface area contributed by atoms with Gasteiger partial charge in [0.15, 0.2) is 0 Å². The quantitative estimate of drug-likeness (QED) is 0.552. The Bertz CT molecular complexity index is 1270. The molecule has 2 N–H and O–H groups in total. The van der Waals surface area contributed by atoms with E-state index in [1.807, 2.05) is 6.07 Å². The third-order valence-electron chi connectivity index (χ3n) is 5.63. The fraction of sp³-hybridized carbons (Fsp3) is 0.333. The molecule has 1 saturated heterocycles. The number of carbonyl (C=O) groups is 2. The lowest BCUT2D eigenvalue weighted by atomic mass is 10.1. The number of rotatable bonds is 7. The summed E-state index contributed by atoms with van der Waals surface area (Å²) < 4.78 is 20.6. The van der Waals surface area contributed by atoms with Crippen molar-refractivity contribution in [3.63, 3.8) is 0 Å². The largest absolute Gasteiger partial charge is 0.379 e. The van der Waals surface area contributed by atoms with E-state index in [9.17, 15) is 18.8 Å². The van der Waals surface area contributed by atoms with Gasteiger partial charge in [0.25, 0.3) is 5.56 Å². The molecule has 2 aromatic carbocycles. The van der Waals surface area contributed by atoms with E-state index in [2.05, 4.69) is 20.6 Å². The SMILES string of the molecule is Cc1nn(CC(=O)Nc2ccc(F)c(NC(=O)CCN3CCOCC3)c2)c(=O)c2ccccc12. The highest BCUT2D eigenvalue weighted by Crippen LogP contribution is 2.20. The minimum Gasteiger partial charge on any atom is -0.379 e. The predicted octanol–water partition coefficient (Wildman–Crippen LogP) is 2.14. The van der Waals surface area contributed by atoms with Crippen LogP contribution in [0.15, 0.2) is 47.3 Å². The van der Waals surface area contributed by atoms with Crippen LogP contribution in [0.1, 0.15) is 12.1 Å². The van der Waals surface area contributed by atoms with Crippen LogP contribution in [0.25, 0.3) is 10.8 Å². The molecule has 0 aliphatic carbocycles. The number of hydrogen-bond donors (Lipinski definition) is 2. The lowest BCUT2D eigenvalue weighted by Crippen LogP contribution is -2.38. The number of morpholine rings is 1. The average Bonchev–Trinajstić information content (AvgIpc) is 2.84. The van der Waals surface area contributed by atoms with Crippen molar-refractivity contribution in [2.45, 2.75) is 19.9 Å². The second-order valence-corrected chi connectivity index (χ2v) is 8.09. The van der Waals surface area contributed by atoms with Crippen LogP contribution in [0, 0.1) is 12.7 Å². The molecule has 0 spiro atoms. The first-order chi connectivity index (χ1) is 16.4. The fourth-order valence-corrected chi connectivity index (χ4v) is 3.84. The van der Waals surface area contributed by atoms with Gasteiger partial charge in [0.1, 0.15) is 12.4 Å². The molecule has 0 bridgehead atoms. The maximum atomic E-state index is 14.2. The van der Waals surface area contributed by atoms with Gasteiger partial charge in [-0.05, 0) is 31.2 Å². The number of aromatic nitrogens is 2. The van der Waals surface area contributed by atoms with E-state index < -0.39 is 11.7 Å². The molecule has 2 amide bonds. The Balaban J connectivity index is 1.39. The van der Waals surface area contributed by atoms with Crippen molar-refractivity contribution in [3.8, 4) is 0 Å². The van der Waals surface area contributed by atoms with Gasteiger partial charge in [-0.15, -0.1) is 0 Å². The minimum absolute atomic E-state index is 0.0263. The normalized spacial score (nSPS) is 14.2. The summed E-state index contributed by atoms with van der Waals surface area (Å²) in [5, 5.41) is 10.6. The first kappa shape index (κ1) is 23.5. The van der Waals surface area contributed by atoms with Crippen LogP contribution in [0.5, 0.6) is 0 Å². The molecule has 2 heterocycles. The second kappa shape index (κ2) is 10.5. The minimum atomic E-state index is -0.610. The molecule has 1 aliphatic heterocycles. The van der Waals surface area contributed by atoms with Crippen molar-refractivity contribution in [2.24, 2.45) is 0 Å². The molecule has 1 aliphatic rings. The standard InChI is InChI=1S/C24H26FN5O4/c1-16-18-4-2-3-5-19(18)24(33)30(28-16)15-23(32)26-17-6-7-20(25)21(14-17)27-22(31)8-9-29-10-12-34-13-11-29/h2-7,14H,8-13,15H2,1H3,(H,26,32)(H,27,31). The number of fused-ring (bicyclic) bond motifs is 1. The molecular weight excluding hydrogens is 441 g/mol. The summed E-state index contributed by atoms with van der Waals surface area (Å²) in [6.07, 6.45) is 0.214. The second-order valence-electron chi connectivity index (χ2n) is 8.09. The highest BCUT2D eigenvalue weighted by molar-refractivity contribution is 5.94. The highest BCUT2D eigenvalue weighted by atomic mass is 19.1. The molecule has 0 radical (unpaired) electrons. The number of hydrogen-bond acceptors (Lipinski definition) is 6. The van der Waals surface area contributed by atoms with Gasteiger partial charge in [-0.3, -0.25) is 19.3 Å². The summed E-state index contributed by atoms with van der Waals surface area (Å²) in [6, 6.07) is 11.0. The lowest BCUT2D eigenvalue weighted by molar-refractivity contribution is -0.117. The van der Waals surface area contributed by atoms with Crippen LogP contribution in [0.3, 0.4) is 0 Å². The summed E-state index contributed by atoms with van der Waals surface area (Å²) in [6.45, 7) is 4.82. The number of nitrogens with one attached hydrogen (secondary N) is 2. The Hall–Kier alpha value is -3.63. The summed E-state index contributed by atoms with van der Waals surface area (Å²) >= 11 is 0. The van der Waals surface area contributed by atoms with Crippen LogP contribution < -0.4 is 16.2 Å². The number of anilines is 2. The molecule has 0 saturated carbocycles. The third-order valence-corrected chi connectivity index (χ3v) is 5.63. The summed E-state index contributed by atoms with van der Waals surface area (Å²) in [4.78, 5) is 39.6. The van der Waals surface area contributed by atoms with Crippen LogP contribution in [0.2, 0.25) is 0 Å². The number of ether oxygens (including phenoxy) is 1. The molecule has 34 heavy (non-hydrogen) atoms. The first-order valence-corrected chi connectivity index (χ1v) is 11.1. The van der Waals surface area contributed by atoms with Crippen LogP contribution >= 0.6 is 0 Å². The third kappa shape index (κ3) is 5.64. The Kier molecular flexibility index (Phi) is 7.29. The first-order valence-electron chi connectivity index (χ1n) is 11.1. The van der Waals surface area contributed by atoms with Crippen molar-refractivity contribution in [1.82, 2.24) is 14.7 Å². The van der Waals surface area contributed by atoms with E-state index in [0.29, 0.717) is 36.5 Å². The zero-order valence-electron chi connectivity index (χ0n) is 18.8. The molecule has 1 fully saturated rings. The fourth-order valence-electron chi connectivity index (χ4n) is 3.84. The summed E-state index contributed by atoms with van der Waals surface area (Å²) in [5.74, 6) is -1.43. The van der Waals surface area contributed by atoms with Gasteiger partial charge in [0, 0.05) is 37.1 Å². The van der Waals surface area contributed by atoms with Crippen molar-refractivity contribution < 1.29 is 18.7 Å². The van der Waals surface area contributed by atoms with Gasteiger partial charge >= 0.3 is 0 Å². The Labute approximate surface area is 195 Å². The smallest absolute Gasteiger partial charge is 0.275 e. The molecule has 0 atom stereocenters. The maximum Gasteiger partial charge on any atom is 0.275 e. The number of halogens is 1. The molecule has 10 heteroatoms. The van der Waals surface area contributed by atoms with E-state index >= 15 is 0 Å². The van der Waals surface area contributed by atoms with Gasteiger partial charge in [-0.25, -0.2) is 9.07 Å². The van der Waals surface area contributed by atoms with Crippen molar-refractivity contribution in [2.75, 3.05) is 43.5 Å². The maximum absolute atomic E-state index is 14.2. The van der Waals surface area contributed by atoms with Crippen LogP contribution in [0.4, 0.5) is 15.8 Å². The molecule has 178 valence electrons. The lowest BCUT2D eigenvalue weighted by Gasteiger charge is -2.26. The van der Waals surface area contributed by atoms with E-state index in [-0.39, 0.29) is 30.1 Å². The topological polar surface area (TPSA) is 106 Å². The zero-order chi connectivity index (χ0) is 24.1. The van der Waals surface area contributed by atoms with E-state index in [0.717, 1.165) is 29.2 Å². The van der Waals surface area contributed by atoms with Crippen LogP contribution in [-0.4, -0.2) is 59.3 Å². The number of benzene rings is 2. The summed E-state index contributed by atoms with van der Waals surface area (Å²) in [5.41, 5.74) is 0.526. The van der Waals surface area contributed by atoms with Crippen molar-refractivity contribution >= 4 is 34.0 Å². The molecule has 3 aromatic rings. The molecule has 1 aromatic heterocycles. The monoisotopic (exact) mass is 467 g/mol. The molecule has 4 rings (SSSR count).